The van der Waals surface area contributed by atoms with Crippen molar-refractivity contribution in [3.05, 3.63) is 94.3 Å². The molecule has 0 aliphatic heterocycles. The number of halogens is 1. The van der Waals surface area contributed by atoms with Crippen LogP contribution in [0.25, 0.3) is 20.3 Å². The first-order valence-electron chi connectivity index (χ1n) is 11.1. The van der Waals surface area contributed by atoms with Crippen LogP contribution in [0.15, 0.2) is 78.9 Å². The van der Waals surface area contributed by atoms with Crippen molar-refractivity contribution in [3.8, 4) is 0 Å². The Hall–Kier alpha value is -3.46. The maximum atomic E-state index is 13.4. The van der Waals surface area contributed by atoms with Gasteiger partial charge >= 0.3 is 11.9 Å². The lowest BCUT2D eigenvalue weighted by Crippen LogP contribution is -2.36. The van der Waals surface area contributed by atoms with Crippen molar-refractivity contribution < 1.29 is 19.1 Å². The Morgan fingerprint density at radius 3 is 2.50 bits per heavy atom. The number of hydrogen-bond donors (Lipinski definition) is 1. The van der Waals surface area contributed by atoms with Gasteiger partial charge in [0.25, 0.3) is 0 Å². The monoisotopic (exact) mass is 536 g/mol. The summed E-state index contributed by atoms with van der Waals surface area (Å²) < 4.78 is 12.6. The van der Waals surface area contributed by atoms with Gasteiger partial charge in [0.1, 0.15) is 6.61 Å². The molecular weight excluding hydrogens is 516 g/mol. The van der Waals surface area contributed by atoms with Gasteiger partial charge in [-0.05, 0) is 41.3 Å². The van der Waals surface area contributed by atoms with E-state index in [0.717, 1.165) is 30.7 Å². The number of nitrogens with zero attached hydrogens (tertiary/aromatic N) is 1. The lowest BCUT2D eigenvalue weighted by molar-refractivity contribution is -0.162. The topological polar surface area (TPSA) is 77.5 Å². The molecule has 0 aliphatic rings. The molecule has 0 fully saturated rings. The number of methoxy groups -OCH3 is 1. The number of fused-ring (bicyclic) bond motifs is 2. The van der Waals surface area contributed by atoms with Gasteiger partial charge in [-0.15, -0.1) is 11.3 Å². The molecule has 0 spiro atoms. The van der Waals surface area contributed by atoms with Crippen LogP contribution in [0.3, 0.4) is 0 Å². The zero-order valence-electron chi connectivity index (χ0n) is 19.1. The Kier molecular flexibility index (Phi) is 7.18. The molecule has 0 saturated heterocycles. The number of thiophene rings is 1. The summed E-state index contributed by atoms with van der Waals surface area (Å²) in [4.78, 5) is 31.8. The van der Waals surface area contributed by atoms with E-state index in [1.165, 1.54) is 29.8 Å². The summed E-state index contributed by atoms with van der Waals surface area (Å²) in [5.74, 6) is -2.61. The second-order valence-electron chi connectivity index (χ2n) is 8.03. The minimum atomic E-state index is -1.25. The Bertz CT molecular complexity index is 1500. The Labute approximate surface area is 220 Å². The molecule has 0 radical (unpaired) electrons. The summed E-state index contributed by atoms with van der Waals surface area (Å²) in [7, 11) is 1.27. The van der Waals surface area contributed by atoms with E-state index in [2.05, 4.69) is 10.3 Å². The molecule has 5 rings (SSSR count). The van der Waals surface area contributed by atoms with Crippen molar-refractivity contribution in [2.75, 3.05) is 12.4 Å². The van der Waals surface area contributed by atoms with Crippen molar-refractivity contribution >= 4 is 71.6 Å². The van der Waals surface area contributed by atoms with Crippen LogP contribution in [-0.4, -0.2) is 24.0 Å². The lowest BCUT2D eigenvalue weighted by Gasteiger charge is -2.24. The fourth-order valence-electron chi connectivity index (χ4n) is 3.88. The van der Waals surface area contributed by atoms with E-state index in [-0.39, 0.29) is 6.61 Å². The van der Waals surface area contributed by atoms with Gasteiger partial charge in [0.2, 0.25) is 0 Å². The fourth-order valence-corrected chi connectivity index (χ4v) is 6.21. The van der Waals surface area contributed by atoms with Crippen LogP contribution in [-0.2, 0) is 25.7 Å². The van der Waals surface area contributed by atoms with Crippen molar-refractivity contribution in [2.45, 2.75) is 12.6 Å². The molecule has 0 aliphatic carbocycles. The molecule has 2 aromatic heterocycles. The largest absolute Gasteiger partial charge is 0.468 e. The maximum absolute atomic E-state index is 13.4. The highest BCUT2D eigenvalue weighted by molar-refractivity contribution is 7.22. The van der Waals surface area contributed by atoms with E-state index in [0.29, 0.717) is 10.2 Å². The number of anilines is 1. The molecule has 2 atom stereocenters. The van der Waals surface area contributed by atoms with Crippen molar-refractivity contribution in [1.82, 2.24) is 4.98 Å². The first kappa shape index (κ1) is 24.2. The van der Waals surface area contributed by atoms with Gasteiger partial charge in [-0.3, -0.25) is 9.59 Å². The molecule has 0 amide bonds. The van der Waals surface area contributed by atoms with Gasteiger partial charge in [0.05, 0.1) is 23.4 Å². The van der Waals surface area contributed by atoms with Crippen molar-refractivity contribution in [2.24, 2.45) is 5.92 Å². The predicted molar refractivity (Wildman–Crippen MR) is 145 cm³/mol. The van der Waals surface area contributed by atoms with Crippen LogP contribution in [0, 0.1) is 5.92 Å². The molecule has 9 heteroatoms. The highest BCUT2D eigenvalue weighted by Crippen LogP contribution is 2.38. The third kappa shape index (κ3) is 5.21. The molecule has 1 unspecified atom stereocenters. The molecule has 0 saturated carbocycles. The number of benzene rings is 3. The van der Waals surface area contributed by atoms with Gasteiger partial charge in [-0.2, -0.15) is 0 Å². The normalized spacial score (nSPS) is 12.8. The molecule has 1 N–H and O–H groups in total. The van der Waals surface area contributed by atoms with E-state index in [4.69, 9.17) is 21.1 Å². The molecular formula is C27H21ClN2O4S2. The maximum Gasteiger partial charge on any atom is 0.323 e. The van der Waals surface area contributed by atoms with E-state index in [9.17, 15) is 9.59 Å². The van der Waals surface area contributed by atoms with Crippen LogP contribution in [0.5, 0.6) is 0 Å². The van der Waals surface area contributed by atoms with Crippen LogP contribution < -0.4 is 5.32 Å². The number of carbonyl (C=O) groups excluding carboxylic acids is 2. The summed E-state index contributed by atoms with van der Waals surface area (Å²) >= 11 is 9.04. The second kappa shape index (κ2) is 10.7. The predicted octanol–water partition coefficient (Wildman–Crippen LogP) is 6.85. The number of ether oxygens (including phenoxy) is 2. The Balaban J connectivity index is 1.52. The average molecular weight is 537 g/mol. The van der Waals surface area contributed by atoms with Gasteiger partial charge in [-0.25, -0.2) is 4.98 Å². The molecule has 36 heavy (non-hydrogen) atoms. The molecule has 2 heterocycles. The van der Waals surface area contributed by atoms with Crippen LogP contribution in [0.1, 0.15) is 16.5 Å². The standard InChI is InChI=1S/C27H21ClN2O4S2/c1-33-25(31)23(26(32)34-15-16-7-3-2-4-8-16)24(22-13-17-9-5-6-10-20(17)35-22)30-27-29-19-12-11-18(28)14-21(19)36-27/h2-14,23-24H,15H2,1H3,(H,29,30)/t23?,24-/m0/s1. The lowest BCUT2D eigenvalue weighted by atomic mass is 9.98. The molecule has 5 aromatic rings. The van der Waals surface area contributed by atoms with Crippen molar-refractivity contribution in [1.29, 1.82) is 0 Å². The Morgan fingerprint density at radius 1 is 0.944 bits per heavy atom. The summed E-state index contributed by atoms with van der Waals surface area (Å²) in [6, 6.07) is 23.9. The van der Waals surface area contributed by atoms with Crippen LogP contribution in [0.2, 0.25) is 5.02 Å². The van der Waals surface area contributed by atoms with Crippen LogP contribution >= 0.6 is 34.3 Å². The highest BCUT2D eigenvalue weighted by Gasteiger charge is 2.40. The summed E-state index contributed by atoms with van der Waals surface area (Å²) in [5.41, 5.74) is 1.59. The van der Waals surface area contributed by atoms with E-state index >= 15 is 0 Å². The number of nitrogens with one attached hydrogen (secondary N) is 1. The van der Waals surface area contributed by atoms with Crippen molar-refractivity contribution in [3.63, 3.8) is 0 Å². The highest BCUT2D eigenvalue weighted by atomic mass is 35.5. The van der Waals surface area contributed by atoms with E-state index in [1.54, 1.807) is 6.07 Å². The summed E-state index contributed by atoms with van der Waals surface area (Å²) in [6.07, 6.45) is 0. The number of carbonyl (C=O) groups is 2. The number of hydrogen-bond acceptors (Lipinski definition) is 8. The third-order valence-corrected chi connectivity index (χ3v) is 8.03. The molecule has 3 aromatic carbocycles. The summed E-state index contributed by atoms with van der Waals surface area (Å²) in [5, 5.41) is 5.51. The minimum absolute atomic E-state index is 0.0476. The first-order chi connectivity index (χ1) is 17.5. The number of esters is 2. The minimum Gasteiger partial charge on any atom is -0.468 e. The first-order valence-corrected chi connectivity index (χ1v) is 13.1. The molecule has 6 nitrogen and oxygen atoms in total. The quantitative estimate of drug-likeness (QED) is 0.173. The Morgan fingerprint density at radius 2 is 1.72 bits per heavy atom. The van der Waals surface area contributed by atoms with E-state index in [1.807, 2.05) is 72.8 Å². The molecule has 0 bridgehead atoms. The van der Waals surface area contributed by atoms with E-state index < -0.39 is 23.9 Å². The molecule has 182 valence electrons. The zero-order valence-corrected chi connectivity index (χ0v) is 21.5. The van der Waals surface area contributed by atoms with Gasteiger partial charge < -0.3 is 14.8 Å². The summed E-state index contributed by atoms with van der Waals surface area (Å²) in [6.45, 7) is 0.0476. The number of aromatic nitrogens is 1. The van der Waals surface area contributed by atoms with Gasteiger partial charge in [0, 0.05) is 14.6 Å². The fraction of sp³-hybridized carbons (Fsp3) is 0.148. The zero-order chi connectivity index (χ0) is 25.1. The van der Waals surface area contributed by atoms with Crippen LogP contribution in [0.4, 0.5) is 5.13 Å². The smallest absolute Gasteiger partial charge is 0.323 e. The second-order valence-corrected chi connectivity index (χ2v) is 10.6. The third-order valence-electron chi connectivity index (χ3n) is 5.65. The SMILES string of the molecule is COC(=O)C(C(=O)OCc1ccccc1)[C@@H](Nc1nc2ccc(Cl)cc2s1)c1cc2ccccc2s1. The number of rotatable bonds is 8. The number of thiazole rings is 1. The van der Waals surface area contributed by atoms with Gasteiger partial charge in [-0.1, -0.05) is 71.5 Å². The average Bonchev–Trinajstić information content (AvgIpc) is 3.50. The van der Waals surface area contributed by atoms with Gasteiger partial charge in [0.15, 0.2) is 11.0 Å².